The highest BCUT2D eigenvalue weighted by Crippen LogP contribution is 2.38. The normalized spacial score (nSPS) is 23.6. The second-order valence-electron chi connectivity index (χ2n) is 7.64. The lowest BCUT2D eigenvalue weighted by Gasteiger charge is -2.24. The lowest BCUT2D eigenvalue weighted by molar-refractivity contribution is -0.117. The first-order chi connectivity index (χ1) is 14.4. The molecule has 0 radical (unpaired) electrons. The fourth-order valence-corrected chi connectivity index (χ4v) is 7.85. The van der Waals surface area contributed by atoms with Gasteiger partial charge >= 0.3 is 0 Å². The van der Waals surface area contributed by atoms with Gasteiger partial charge in [-0.15, -0.1) is 0 Å². The molecule has 2 atom stereocenters. The van der Waals surface area contributed by atoms with Gasteiger partial charge in [0.2, 0.25) is 5.91 Å². The van der Waals surface area contributed by atoms with Crippen molar-refractivity contribution < 1.29 is 17.6 Å². The van der Waals surface area contributed by atoms with E-state index in [0.29, 0.717) is 31.0 Å². The quantitative estimate of drug-likeness (QED) is 0.682. The molecule has 2 aromatic carbocycles. The maximum atomic E-state index is 13.2. The fraction of sp³-hybridized carbons (Fsp3) is 0.364. The van der Waals surface area contributed by atoms with Crippen molar-refractivity contribution in [2.24, 2.45) is 4.99 Å². The zero-order valence-corrected chi connectivity index (χ0v) is 18.0. The van der Waals surface area contributed by atoms with E-state index in [2.05, 4.69) is 4.99 Å². The van der Waals surface area contributed by atoms with Gasteiger partial charge < -0.3 is 4.90 Å². The van der Waals surface area contributed by atoms with Crippen LogP contribution in [0.4, 0.5) is 4.39 Å². The van der Waals surface area contributed by atoms with Crippen LogP contribution in [-0.2, 0) is 27.5 Å². The number of benzene rings is 2. The molecular weight excluding hydrogens is 423 g/mol. The average molecular weight is 447 g/mol. The van der Waals surface area contributed by atoms with Gasteiger partial charge in [0.1, 0.15) is 5.82 Å². The van der Waals surface area contributed by atoms with Crippen LogP contribution in [0.1, 0.15) is 17.5 Å². The van der Waals surface area contributed by atoms with Gasteiger partial charge in [-0.05, 0) is 36.1 Å². The van der Waals surface area contributed by atoms with Crippen LogP contribution in [0, 0.1) is 5.82 Å². The van der Waals surface area contributed by atoms with Crippen molar-refractivity contribution in [2.45, 2.75) is 30.6 Å². The maximum absolute atomic E-state index is 13.2. The third-order valence-corrected chi connectivity index (χ3v) is 8.67. The largest absolute Gasteiger partial charge is 0.346 e. The standard InChI is InChI=1S/C22H23FN2O3S2/c23-18-9-6-17(7-10-18)12-13-25-19-14-30(27,28)15-20(19)29-22(25)24-21(26)11-8-16-4-2-1-3-5-16/h1-7,9-10,19-20H,8,11-15H2/t19-,20-/m1/s1. The molecule has 4 rings (SSSR count). The fourth-order valence-electron chi connectivity index (χ4n) is 3.86. The highest BCUT2D eigenvalue weighted by molar-refractivity contribution is 8.15. The number of thioether (sulfide) groups is 1. The van der Waals surface area contributed by atoms with E-state index in [1.165, 1.54) is 23.9 Å². The summed E-state index contributed by atoms with van der Waals surface area (Å²) in [6, 6.07) is 15.9. The van der Waals surface area contributed by atoms with Crippen molar-refractivity contribution in [3.8, 4) is 0 Å². The SMILES string of the molecule is O=C(CCc1ccccc1)N=C1S[C@@H]2CS(=O)(=O)C[C@H]2N1CCc1ccc(F)cc1. The first-order valence-electron chi connectivity index (χ1n) is 9.93. The molecule has 0 unspecified atom stereocenters. The summed E-state index contributed by atoms with van der Waals surface area (Å²) in [5, 5.41) is 0.518. The van der Waals surface area contributed by atoms with E-state index in [4.69, 9.17) is 0 Å². The smallest absolute Gasteiger partial charge is 0.248 e. The Morgan fingerprint density at radius 3 is 2.47 bits per heavy atom. The van der Waals surface area contributed by atoms with Crippen LogP contribution in [0.5, 0.6) is 0 Å². The Kier molecular flexibility index (Phi) is 6.24. The Hall–Kier alpha value is -2.19. The molecular formula is C22H23FN2O3S2. The van der Waals surface area contributed by atoms with Crippen molar-refractivity contribution in [1.29, 1.82) is 0 Å². The number of amides is 1. The van der Waals surface area contributed by atoms with E-state index in [1.807, 2.05) is 35.2 Å². The molecule has 0 bridgehead atoms. The Balaban J connectivity index is 1.46. The molecule has 158 valence electrons. The second-order valence-corrected chi connectivity index (χ2v) is 11.0. The summed E-state index contributed by atoms with van der Waals surface area (Å²) in [5.41, 5.74) is 2.04. The number of aliphatic imine (C=N–C) groups is 1. The van der Waals surface area contributed by atoms with E-state index < -0.39 is 9.84 Å². The van der Waals surface area contributed by atoms with Crippen molar-refractivity contribution >= 4 is 32.7 Å². The highest BCUT2D eigenvalue weighted by Gasteiger charge is 2.48. The highest BCUT2D eigenvalue weighted by atomic mass is 32.2. The lowest BCUT2D eigenvalue weighted by atomic mass is 10.1. The first-order valence-corrected chi connectivity index (χ1v) is 12.6. The summed E-state index contributed by atoms with van der Waals surface area (Å²) in [6.07, 6.45) is 1.56. The Morgan fingerprint density at radius 2 is 1.73 bits per heavy atom. The number of hydrogen-bond acceptors (Lipinski definition) is 4. The molecule has 5 nitrogen and oxygen atoms in total. The molecule has 2 aromatic rings. The summed E-state index contributed by atoms with van der Waals surface area (Å²) in [6.45, 7) is 0.542. The molecule has 2 saturated heterocycles. The predicted octanol–water partition coefficient (Wildman–Crippen LogP) is 3.10. The minimum atomic E-state index is -3.08. The van der Waals surface area contributed by atoms with E-state index >= 15 is 0 Å². The number of hydrogen-bond donors (Lipinski definition) is 0. The van der Waals surface area contributed by atoms with Crippen molar-refractivity contribution in [3.63, 3.8) is 0 Å². The number of rotatable bonds is 6. The van der Waals surface area contributed by atoms with Crippen LogP contribution in [0.25, 0.3) is 0 Å². The molecule has 2 aliphatic heterocycles. The van der Waals surface area contributed by atoms with Crippen molar-refractivity contribution in [1.82, 2.24) is 4.90 Å². The summed E-state index contributed by atoms with van der Waals surface area (Å²) in [5.74, 6) is -0.280. The predicted molar refractivity (Wildman–Crippen MR) is 118 cm³/mol. The number of halogens is 1. The van der Waals surface area contributed by atoms with Gasteiger partial charge in [-0.1, -0.05) is 54.2 Å². The summed E-state index contributed by atoms with van der Waals surface area (Å²) in [4.78, 5) is 18.8. The molecule has 2 fully saturated rings. The van der Waals surface area contributed by atoms with Gasteiger partial charge in [-0.3, -0.25) is 4.79 Å². The topological polar surface area (TPSA) is 66.8 Å². The van der Waals surface area contributed by atoms with Gasteiger partial charge in [0.15, 0.2) is 15.0 Å². The van der Waals surface area contributed by atoms with Crippen LogP contribution >= 0.6 is 11.8 Å². The van der Waals surface area contributed by atoms with Gasteiger partial charge in [0, 0.05) is 18.2 Å². The molecule has 2 aliphatic rings. The van der Waals surface area contributed by atoms with Crippen molar-refractivity contribution in [3.05, 3.63) is 71.5 Å². The minimum absolute atomic E-state index is 0.0886. The van der Waals surface area contributed by atoms with E-state index in [1.54, 1.807) is 12.1 Å². The summed E-state index contributed by atoms with van der Waals surface area (Å²) < 4.78 is 37.4. The van der Waals surface area contributed by atoms with E-state index in [9.17, 15) is 17.6 Å². The third-order valence-electron chi connectivity index (χ3n) is 5.42. The molecule has 8 heteroatoms. The van der Waals surface area contributed by atoms with Crippen LogP contribution in [0.2, 0.25) is 0 Å². The molecule has 2 heterocycles. The Labute approximate surface area is 180 Å². The van der Waals surface area contributed by atoms with Crippen LogP contribution in [0.15, 0.2) is 59.6 Å². The molecule has 0 aromatic heterocycles. The summed E-state index contributed by atoms with van der Waals surface area (Å²) in [7, 11) is -3.08. The summed E-state index contributed by atoms with van der Waals surface area (Å²) >= 11 is 1.40. The molecule has 30 heavy (non-hydrogen) atoms. The van der Waals surface area contributed by atoms with Gasteiger partial charge in [0.25, 0.3) is 0 Å². The van der Waals surface area contributed by atoms with Gasteiger partial charge in [-0.25, -0.2) is 12.8 Å². The molecule has 0 saturated carbocycles. The third kappa shape index (κ3) is 5.10. The molecule has 0 spiro atoms. The van der Waals surface area contributed by atoms with Crippen LogP contribution < -0.4 is 0 Å². The average Bonchev–Trinajstić information content (AvgIpc) is 3.18. The van der Waals surface area contributed by atoms with Gasteiger partial charge in [-0.2, -0.15) is 4.99 Å². The number of nitrogens with zero attached hydrogens (tertiary/aromatic N) is 2. The molecule has 0 N–H and O–H groups in total. The second kappa shape index (κ2) is 8.89. The number of aryl methyl sites for hydroxylation is 1. The number of carbonyl (C=O) groups excluding carboxylic acids is 1. The molecule has 0 aliphatic carbocycles. The Bertz CT molecular complexity index is 1040. The Morgan fingerprint density at radius 1 is 1.03 bits per heavy atom. The number of carbonyl (C=O) groups is 1. The van der Waals surface area contributed by atoms with Gasteiger partial charge in [0.05, 0.1) is 17.5 Å². The first kappa shape index (κ1) is 21.1. The van der Waals surface area contributed by atoms with E-state index in [0.717, 1.165) is 11.1 Å². The minimum Gasteiger partial charge on any atom is -0.346 e. The zero-order valence-electron chi connectivity index (χ0n) is 16.4. The number of amidine groups is 1. The zero-order chi connectivity index (χ0) is 21.1. The lowest BCUT2D eigenvalue weighted by Crippen LogP contribution is -2.39. The maximum Gasteiger partial charge on any atom is 0.248 e. The van der Waals surface area contributed by atoms with Crippen LogP contribution in [-0.4, -0.2) is 53.7 Å². The van der Waals surface area contributed by atoms with Crippen LogP contribution in [0.3, 0.4) is 0 Å². The number of sulfone groups is 1. The molecule has 1 amide bonds. The monoisotopic (exact) mass is 446 g/mol. The number of fused-ring (bicyclic) bond motifs is 1. The van der Waals surface area contributed by atoms with Crippen molar-refractivity contribution in [2.75, 3.05) is 18.1 Å². The van der Waals surface area contributed by atoms with E-state index in [-0.39, 0.29) is 34.5 Å².